The second kappa shape index (κ2) is 7.83. The van der Waals surface area contributed by atoms with E-state index in [-0.39, 0.29) is 24.2 Å². The van der Waals surface area contributed by atoms with Gasteiger partial charge >= 0.3 is 0 Å². The Morgan fingerprint density at radius 3 is 2.16 bits per heavy atom. The van der Waals surface area contributed by atoms with E-state index in [1.807, 2.05) is 18.2 Å². The molecule has 0 saturated carbocycles. The maximum atomic E-state index is 12.3. The summed E-state index contributed by atoms with van der Waals surface area (Å²) in [5.74, 6) is 0.287. The summed E-state index contributed by atoms with van der Waals surface area (Å²) in [5, 5.41) is 2.52. The molecule has 0 bridgehead atoms. The highest BCUT2D eigenvalue weighted by Gasteiger charge is 2.09. The Morgan fingerprint density at radius 1 is 0.840 bits per heavy atom. The maximum absolute atomic E-state index is 12.3. The van der Waals surface area contributed by atoms with Gasteiger partial charge in [0.2, 0.25) is 5.95 Å². The number of ketones is 1. The molecule has 0 aliphatic heterocycles. The minimum atomic E-state index is -0.365. The van der Waals surface area contributed by atoms with Crippen LogP contribution in [0.2, 0.25) is 0 Å². The lowest BCUT2D eigenvalue weighted by Crippen LogP contribution is -2.21. The van der Waals surface area contributed by atoms with Gasteiger partial charge in [-0.25, -0.2) is 9.97 Å². The Morgan fingerprint density at radius 2 is 1.48 bits per heavy atom. The van der Waals surface area contributed by atoms with Gasteiger partial charge in [-0.3, -0.25) is 14.9 Å². The molecule has 0 aliphatic rings. The molecule has 0 unspecified atom stereocenters. The van der Waals surface area contributed by atoms with E-state index >= 15 is 0 Å². The first kappa shape index (κ1) is 16.3. The summed E-state index contributed by atoms with van der Waals surface area (Å²) >= 11 is 0. The van der Waals surface area contributed by atoms with Crippen LogP contribution in [-0.4, -0.2) is 28.3 Å². The van der Waals surface area contributed by atoms with Gasteiger partial charge in [-0.15, -0.1) is 0 Å². The van der Waals surface area contributed by atoms with E-state index in [0.29, 0.717) is 16.9 Å². The Balaban J connectivity index is 1.56. The predicted molar refractivity (Wildman–Crippen MR) is 92.5 cm³/mol. The highest BCUT2D eigenvalue weighted by molar-refractivity contribution is 6.09. The minimum Gasteiger partial charge on any atom is -0.484 e. The zero-order valence-electron chi connectivity index (χ0n) is 13.3. The molecule has 0 saturated heterocycles. The summed E-state index contributed by atoms with van der Waals surface area (Å²) in [6.07, 6.45) is 3.07. The molecular formula is C19H15N3O3. The summed E-state index contributed by atoms with van der Waals surface area (Å²) in [7, 11) is 0. The van der Waals surface area contributed by atoms with Crippen molar-refractivity contribution >= 4 is 17.6 Å². The van der Waals surface area contributed by atoms with Crippen LogP contribution in [0, 0.1) is 0 Å². The number of carbonyl (C=O) groups excluding carboxylic acids is 2. The van der Waals surface area contributed by atoms with Gasteiger partial charge in [0.1, 0.15) is 5.75 Å². The first-order valence-electron chi connectivity index (χ1n) is 7.62. The van der Waals surface area contributed by atoms with Crippen LogP contribution in [-0.2, 0) is 4.79 Å². The highest BCUT2D eigenvalue weighted by Crippen LogP contribution is 2.15. The number of aromatic nitrogens is 2. The molecule has 3 rings (SSSR count). The molecule has 25 heavy (non-hydrogen) atoms. The summed E-state index contributed by atoms with van der Waals surface area (Å²) in [4.78, 5) is 31.9. The van der Waals surface area contributed by atoms with Crippen LogP contribution >= 0.6 is 0 Å². The van der Waals surface area contributed by atoms with E-state index < -0.39 is 0 Å². The SMILES string of the molecule is O=C(COc1ccc(C(=O)c2ccccc2)cc1)Nc1ncccn1. The monoisotopic (exact) mass is 333 g/mol. The fourth-order valence-electron chi connectivity index (χ4n) is 2.13. The molecule has 1 aromatic heterocycles. The zero-order valence-corrected chi connectivity index (χ0v) is 13.3. The van der Waals surface area contributed by atoms with Gasteiger partial charge in [-0.2, -0.15) is 0 Å². The Labute approximate surface area is 144 Å². The summed E-state index contributed by atoms with van der Waals surface area (Å²) < 4.78 is 5.40. The number of benzene rings is 2. The number of anilines is 1. The van der Waals surface area contributed by atoms with E-state index in [2.05, 4.69) is 15.3 Å². The van der Waals surface area contributed by atoms with Crippen LogP contribution in [0.5, 0.6) is 5.75 Å². The van der Waals surface area contributed by atoms with Crippen LogP contribution in [0.4, 0.5) is 5.95 Å². The number of ether oxygens (including phenoxy) is 1. The lowest BCUT2D eigenvalue weighted by molar-refractivity contribution is -0.118. The second-order valence-electron chi connectivity index (χ2n) is 5.13. The first-order chi connectivity index (χ1) is 12.2. The number of rotatable bonds is 6. The molecule has 2 aromatic carbocycles. The van der Waals surface area contributed by atoms with Gasteiger partial charge in [0.15, 0.2) is 12.4 Å². The van der Waals surface area contributed by atoms with Crippen molar-refractivity contribution in [3.8, 4) is 5.75 Å². The van der Waals surface area contributed by atoms with Crippen molar-refractivity contribution in [2.75, 3.05) is 11.9 Å². The fourth-order valence-corrected chi connectivity index (χ4v) is 2.13. The van der Waals surface area contributed by atoms with Crippen molar-refractivity contribution in [1.29, 1.82) is 0 Å². The predicted octanol–water partition coefficient (Wildman–Crippen LogP) is 2.73. The molecule has 0 atom stereocenters. The van der Waals surface area contributed by atoms with E-state index in [0.717, 1.165) is 0 Å². The number of amides is 1. The minimum absolute atomic E-state index is 0.0638. The van der Waals surface area contributed by atoms with Gasteiger partial charge in [0, 0.05) is 23.5 Å². The third kappa shape index (κ3) is 4.48. The van der Waals surface area contributed by atoms with E-state index in [1.165, 1.54) is 12.4 Å². The molecule has 0 fully saturated rings. The third-order valence-electron chi connectivity index (χ3n) is 3.34. The lowest BCUT2D eigenvalue weighted by atomic mass is 10.0. The van der Waals surface area contributed by atoms with Gasteiger partial charge < -0.3 is 4.74 Å². The van der Waals surface area contributed by atoms with Crippen molar-refractivity contribution in [1.82, 2.24) is 9.97 Å². The van der Waals surface area contributed by atoms with E-state index in [1.54, 1.807) is 42.5 Å². The Hall–Kier alpha value is -3.54. The lowest BCUT2D eigenvalue weighted by Gasteiger charge is -2.07. The van der Waals surface area contributed by atoms with Crippen LogP contribution in [0.3, 0.4) is 0 Å². The van der Waals surface area contributed by atoms with Gasteiger partial charge in [-0.1, -0.05) is 30.3 Å². The molecule has 3 aromatic rings. The van der Waals surface area contributed by atoms with Gasteiger partial charge in [-0.05, 0) is 30.3 Å². The molecule has 1 amide bonds. The molecule has 0 radical (unpaired) electrons. The third-order valence-corrected chi connectivity index (χ3v) is 3.34. The molecule has 124 valence electrons. The molecule has 1 N–H and O–H groups in total. The molecule has 0 aliphatic carbocycles. The standard InChI is InChI=1S/C19H15N3O3/c23-17(22-19-20-11-4-12-21-19)13-25-16-9-7-15(8-10-16)18(24)14-5-2-1-3-6-14/h1-12H,13H2,(H,20,21,22,23). The van der Waals surface area contributed by atoms with Gasteiger partial charge in [0.05, 0.1) is 0 Å². The maximum Gasteiger partial charge on any atom is 0.264 e. The van der Waals surface area contributed by atoms with Crippen molar-refractivity contribution in [3.63, 3.8) is 0 Å². The molecule has 6 nitrogen and oxygen atoms in total. The van der Waals surface area contributed by atoms with E-state index in [9.17, 15) is 9.59 Å². The molecule has 0 spiro atoms. The summed E-state index contributed by atoms with van der Waals surface area (Å²) in [6, 6.07) is 17.3. The van der Waals surface area contributed by atoms with Gasteiger partial charge in [0.25, 0.3) is 5.91 Å². The van der Waals surface area contributed by atoms with Crippen molar-refractivity contribution in [2.45, 2.75) is 0 Å². The summed E-state index contributed by atoms with van der Waals surface area (Å²) in [6.45, 7) is -0.176. The second-order valence-corrected chi connectivity index (χ2v) is 5.13. The Bertz CT molecular complexity index is 850. The van der Waals surface area contributed by atoms with Crippen LogP contribution < -0.4 is 10.1 Å². The number of nitrogens with zero attached hydrogens (tertiary/aromatic N) is 2. The van der Waals surface area contributed by atoms with Crippen molar-refractivity contribution < 1.29 is 14.3 Å². The largest absolute Gasteiger partial charge is 0.484 e. The topological polar surface area (TPSA) is 81.2 Å². The summed E-state index contributed by atoms with van der Waals surface area (Å²) in [5.41, 5.74) is 1.18. The quantitative estimate of drug-likeness (QED) is 0.702. The normalized spacial score (nSPS) is 10.1. The average molecular weight is 333 g/mol. The van der Waals surface area contributed by atoms with Crippen molar-refractivity contribution in [3.05, 3.63) is 84.2 Å². The van der Waals surface area contributed by atoms with Crippen LogP contribution in [0.15, 0.2) is 73.1 Å². The molecule has 1 heterocycles. The zero-order chi connectivity index (χ0) is 17.5. The average Bonchev–Trinajstić information content (AvgIpc) is 2.68. The Kier molecular flexibility index (Phi) is 5.11. The first-order valence-corrected chi connectivity index (χ1v) is 7.62. The molecule has 6 heteroatoms. The van der Waals surface area contributed by atoms with Crippen LogP contribution in [0.25, 0.3) is 0 Å². The smallest absolute Gasteiger partial charge is 0.264 e. The number of hydrogen-bond donors (Lipinski definition) is 1. The number of carbonyl (C=O) groups is 2. The van der Waals surface area contributed by atoms with Crippen LogP contribution in [0.1, 0.15) is 15.9 Å². The van der Waals surface area contributed by atoms with Crippen molar-refractivity contribution in [2.24, 2.45) is 0 Å². The van der Waals surface area contributed by atoms with E-state index in [4.69, 9.17) is 4.74 Å². The highest BCUT2D eigenvalue weighted by atomic mass is 16.5. The number of nitrogens with one attached hydrogen (secondary N) is 1. The fraction of sp³-hybridized carbons (Fsp3) is 0.0526. The number of hydrogen-bond acceptors (Lipinski definition) is 5. The molecular weight excluding hydrogens is 318 g/mol.